The molecule has 0 fully saturated rings. The summed E-state index contributed by atoms with van der Waals surface area (Å²) in [6.07, 6.45) is -3.39. The second kappa shape index (κ2) is 10.5. The smallest absolute Gasteiger partial charge is 0.374 e. The lowest BCUT2D eigenvalue weighted by molar-refractivity contribution is -0.272. The summed E-state index contributed by atoms with van der Waals surface area (Å²) in [4.78, 5) is 28.4. The third-order valence-electron chi connectivity index (χ3n) is 4.98. The van der Waals surface area contributed by atoms with Crippen LogP contribution >= 0.6 is 0 Å². The summed E-state index contributed by atoms with van der Waals surface area (Å²) in [5, 5.41) is 17.9. The van der Waals surface area contributed by atoms with Crippen molar-refractivity contribution in [3.63, 3.8) is 0 Å². The van der Waals surface area contributed by atoms with Gasteiger partial charge in [-0.05, 0) is 11.5 Å². The zero-order valence-electron chi connectivity index (χ0n) is 18.1. The minimum atomic E-state index is -5.00. The number of aromatic nitrogens is 2. The number of halogens is 3. The molecule has 2 aromatic rings. The van der Waals surface area contributed by atoms with Crippen LogP contribution in [-0.4, -0.2) is 45.4 Å². The maximum Gasteiger partial charge on any atom is 0.424 e. The maximum atomic E-state index is 13.6. The summed E-state index contributed by atoms with van der Waals surface area (Å²) < 4.78 is 41.8. The summed E-state index contributed by atoms with van der Waals surface area (Å²) in [5.41, 5.74) is -2.36. The molecule has 1 aromatic carbocycles. The molecular weight excluding hydrogens is 427 g/mol. The number of aryl methyl sites for hydroxylation is 1. The van der Waals surface area contributed by atoms with Gasteiger partial charge in [-0.2, -0.15) is 13.2 Å². The monoisotopic (exact) mass is 455 g/mol. The van der Waals surface area contributed by atoms with Crippen LogP contribution in [0.5, 0.6) is 0 Å². The molecule has 0 aliphatic heterocycles. The van der Waals surface area contributed by atoms with Gasteiger partial charge < -0.3 is 25.6 Å². The number of alkyl halides is 3. The molecule has 8 nitrogen and oxygen atoms in total. The average molecular weight is 455 g/mol. The Bertz CT molecular complexity index is 902. The van der Waals surface area contributed by atoms with E-state index in [0.717, 1.165) is 16.3 Å². The lowest BCUT2D eigenvalue weighted by Gasteiger charge is -2.30. The molecule has 0 radical (unpaired) electrons. The molecule has 2 unspecified atom stereocenters. The van der Waals surface area contributed by atoms with Crippen LogP contribution in [0.15, 0.2) is 42.7 Å². The van der Waals surface area contributed by atoms with Crippen LogP contribution in [-0.2, 0) is 24.0 Å². The van der Waals surface area contributed by atoms with Crippen molar-refractivity contribution in [2.75, 3.05) is 6.54 Å². The molecule has 11 heteroatoms. The third kappa shape index (κ3) is 6.22. The maximum absolute atomic E-state index is 13.6. The molecule has 176 valence electrons. The number of amides is 3. The highest BCUT2D eigenvalue weighted by Gasteiger charge is 2.57. The van der Waals surface area contributed by atoms with E-state index in [2.05, 4.69) is 20.9 Å². The van der Waals surface area contributed by atoms with E-state index in [9.17, 15) is 27.9 Å². The topological polar surface area (TPSA) is 108 Å². The molecule has 0 bridgehead atoms. The molecule has 1 heterocycles. The Hall–Kier alpha value is -3.08. The van der Waals surface area contributed by atoms with Crippen molar-refractivity contribution in [2.24, 2.45) is 13.0 Å². The van der Waals surface area contributed by atoms with E-state index in [1.165, 1.54) is 13.2 Å². The van der Waals surface area contributed by atoms with E-state index < -0.39 is 48.5 Å². The van der Waals surface area contributed by atoms with E-state index in [4.69, 9.17) is 0 Å². The van der Waals surface area contributed by atoms with Gasteiger partial charge in [-0.3, -0.25) is 4.79 Å². The summed E-state index contributed by atoms with van der Waals surface area (Å²) >= 11 is 0. The first-order valence-electron chi connectivity index (χ1n) is 10.1. The van der Waals surface area contributed by atoms with Gasteiger partial charge in [0.1, 0.15) is 11.9 Å². The van der Waals surface area contributed by atoms with Gasteiger partial charge in [-0.25, -0.2) is 9.78 Å². The highest BCUT2D eigenvalue weighted by Crippen LogP contribution is 2.40. The second-order valence-electron chi connectivity index (χ2n) is 7.80. The number of aliphatic hydroxyl groups is 1. The zero-order valence-corrected chi connectivity index (χ0v) is 18.1. The zero-order chi connectivity index (χ0) is 23.9. The summed E-state index contributed by atoms with van der Waals surface area (Å²) in [6, 6.07) is 7.60. The molecule has 3 amide bonds. The van der Waals surface area contributed by atoms with Gasteiger partial charge >= 0.3 is 12.2 Å². The molecule has 2 rings (SSSR count). The van der Waals surface area contributed by atoms with E-state index in [-0.39, 0.29) is 12.5 Å². The largest absolute Gasteiger partial charge is 0.424 e. The van der Waals surface area contributed by atoms with Crippen molar-refractivity contribution in [3.05, 3.63) is 54.1 Å². The minimum Gasteiger partial charge on any atom is -0.374 e. The molecular formula is C21H28F3N5O3. The van der Waals surface area contributed by atoms with Crippen molar-refractivity contribution in [1.29, 1.82) is 0 Å². The normalized spacial score (nSPS) is 14.5. The van der Waals surface area contributed by atoms with Crippen LogP contribution in [0.25, 0.3) is 0 Å². The van der Waals surface area contributed by atoms with Crippen LogP contribution < -0.4 is 16.0 Å². The van der Waals surface area contributed by atoms with E-state index in [1.807, 2.05) is 30.3 Å². The molecule has 4 N–H and O–H groups in total. The van der Waals surface area contributed by atoms with Crippen molar-refractivity contribution >= 4 is 11.9 Å². The molecule has 0 spiro atoms. The van der Waals surface area contributed by atoms with Crippen LogP contribution in [0, 0.1) is 5.92 Å². The predicted molar refractivity (Wildman–Crippen MR) is 111 cm³/mol. The van der Waals surface area contributed by atoms with Gasteiger partial charge in [0.25, 0.3) is 0 Å². The quantitative estimate of drug-likeness (QED) is 0.465. The highest BCUT2D eigenvalue weighted by atomic mass is 19.4. The fourth-order valence-corrected chi connectivity index (χ4v) is 3.13. The number of hydrogen-bond donors (Lipinski definition) is 4. The van der Waals surface area contributed by atoms with Gasteiger partial charge in [-0.1, -0.05) is 44.2 Å². The number of nitrogens with one attached hydrogen (secondary N) is 3. The first-order chi connectivity index (χ1) is 15.0. The fourth-order valence-electron chi connectivity index (χ4n) is 3.13. The Morgan fingerprint density at radius 2 is 1.81 bits per heavy atom. The minimum absolute atomic E-state index is 0.251. The van der Waals surface area contributed by atoms with Crippen LogP contribution in [0.3, 0.4) is 0 Å². The van der Waals surface area contributed by atoms with Gasteiger partial charge in [0, 0.05) is 39.0 Å². The third-order valence-corrected chi connectivity index (χ3v) is 4.98. The fraction of sp³-hybridized carbons (Fsp3) is 0.476. The first kappa shape index (κ1) is 25.2. The van der Waals surface area contributed by atoms with Gasteiger partial charge in [0.05, 0.1) is 0 Å². The lowest BCUT2D eigenvalue weighted by atomic mass is 9.97. The Morgan fingerprint density at radius 3 is 2.34 bits per heavy atom. The van der Waals surface area contributed by atoms with E-state index in [0.29, 0.717) is 0 Å². The van der Waals surface area contributed by atoms with Crippen molar-refractivity contribution in [2.45, 2.75) is 44.6 Å². The number of urea groups is 1. The number of nitrogens with zero attached hydrogens (tertiary/aromatic N) is 2. The number of rotatable bonds is 9. The Morgan fingerprint density at radius 1 is 1.16 bits per heavy atom. The standard InChI is InChI=1S/C21H28F3N5O3/c1-14(2)16(28-19(31)27-13-15-7-5-4-6-8-15)17(30)25-10-9-20(32,21(22,23)24)18-26-11-12-29(18)3/h4-8,11-12,14,16,32H,9-10,13H2,1-3H3,(H,25,30)(H2,27,28,31). The Kier molecular flexibility index (Phi) is 8.25. The Labute approximate surface area is 184 Å². The number of carbonyl (C=O) groups is 2. The van der Waals surface area contributed by atoms with Gasteiger partial charge in [0.2, 0.25) is 11.5 Å². The molecule has 32 heavy (non-hydrogen) atoms. The predicted octanol–water partition coefficient (Wildman–Crippen LogP) is 2.20. The van der Waals surface area contributed by atoms with Crippen LogP contribution in [0.2, 0.25) is 0 Å². The van der Waals surface area contributed by atoms with E-state index in [1.54, 1.807) is 13.8 Å². The number of hydrogen-bond acceptors (Lipinski definition) is 4. The van der Waals surface area contributed by atoms with Gasteiger partial charge in [-0.15, -0.1) is 0 Å². The molecule has 0 saturated carbocycles. The van der Waals surface area contributed by atoms with Crippen molar-refractivity contribution in [1.82, 2.24) is 25.5 Å². The van der Waals surface area contributed by atoms with E-state index >= 15 is 0 Å². The average Bonchev–Trinajstić information content (AvgIpc) is 3.16. The van der Waals surface area contributed by atoms with Crippen LogP contribution in [0.1, 0.15) is 31.7 Å². The molecule has 0 aliphatic rings. The highest BCUT2D eigenvalue weighted by molar-refractivity contribution is 5.87. The molecule has 1 aromatic heterocycles. The number of carbonyl (C=O) groups excluding carboxylic acids is 2. The van der Waals surface area contributed by atoms with Gasteiger partial charge in [0.15, 0.2) is 0 Å². The summed E-state index contributed by atoms with van der Waals surface area (Å²) in [5.74, 6) is -1.55. The number of benzene rings is 1. The SMILES string of the molecule is CC(C)C(NC(=O)NCc1ccccc1)C(=O)NCCC(O)(c1nccn1C)C(F)(F)F. The molecule has 0 saturated heterocycles. The first-order valence-corrected chi connectivity index (χ1v) is 10.1. The second-order valence-corrected chi connectivity index (χ2v) is 7.80. The summed E-state index contributed by atoms with van der Waals surface area (Å²) in [6.45, 7) is 3.17. The lowest BCUT2D eigenvalue weighted by Crippen LogP contribution is -2.53. The Balaban J connectivity index is 1.95. The van der Waals surface area contributed by atoms with Crippen LogP contribution in [0.4, 0.5) is 18.0 Å². The molecule has 0 aliphatic carbocycles. The number of imidazole rings is 1. The van der Waals surface area contributed by atoms with Crippen molar-refractivity contribution < 1.29 is 27.9 Å². The van der Waals surface area contributed by atoms with Crippen molar-refractivity contribution in [3.8, 4) is 0 Å². The summed E-state index contributed by atoms with van der Waals surface area (Å²) in [7, 11) is 1.34. The molecule has 2 atom stereocenters.